The van der Waals surface area contributed by atoms with E-state index in [1.54, 1.807) is 0 Å². The van der Waals surface area contributed by atoms with Crippen LogP contribution >= 0.6 is 0 Å². The number of nitrogens with one attached hydrogen (secondary N) is 2. The summed E-state index contributed by atoms with van der Waals surface area (Å²) >= 11 is 0. The normalized spacial score (nSPS) is 20.5. The van der Waals surface area contributed by atoms with Crippen molar-refractivity contribution in [2.75, 3.05) is 26.3 Å². The topological polar surface area (TPSA) is 94.2 Å². The molecular weight excluding hydrogens is 640 g/mol. The van der Waals surface area contributed by atoms with E-state index in [-0.39, 0.29) is 12.7 Å². The highest BCUT2D eigenvalue weighted by atomic mass is 16.7. The number of rotatable bonds is 21. The molecule has 270 valence electrons. The first-order valence-corrected chi connectivity index (χ1v) is 18.4. The lowest BCUT2D eigenvalue weighted by atomic mass is 9.97. The molecule has 2 heterocycles. The molecule has 0 aliphatic carbocycles. The van der Waals surface area contributed by atoms with Crippen molar-refractivity contribution >= 4 is 10.9 Å². The molecule has 1 aliphatic heterocycles. The van der Waals surface area contributed by atoms with Crippen LogP contribution in [0.15, 0.2) is 121 Å². The van der Waals surface area contributed by atoms with Gasteiger partial charge in [0.05, 0.1) is 26.4 Å². The van der Waals surface area contributed by atoms with Crippen LogP contribution in [0.1, 0.15) is 47.9 Å². The summed E-state index contributed by atoms with van der Waals surface area (Å²) in [5.41, 5.74) is 5.52. The van der Waals surface area contributed by atoms with Crippen LogP contribution in [0.25, 0.3) is 10.9 Å². The maximum atomic E-state index is 9.17. The predicted octanol–water partition coefficient (Wildman–Crippen LogP) is 7.35. The van der Waals surface area contributed by atoms with E-state index in [1.807, 2.05) is 60.7 Å². The van der Waals surface area contributed by atoms with Gasteiger partial charge in [-0.3, -0.25) is 0 Å². The maximum Gasteiger partial charge on any atom is 0.186 e. The Hall–Kier alpha value is -3.86. The largest absolute Gasteiger partial charge is 0.396 e. The molecule has 1 saturated heterocycles. The molecule has 3 N–H and O–H groups in total. The molecule has 51 heavy (non-hydrogen) atoms. The van der Waals surface area contributed by atoms with E-state index in [4.69, 9.17) is 23.7 Å². The van der Waals surface area contributed by atoms with Gasteiger partial charge in [0.25, 0.3) is 0 Å². The zero-order valence-electron chi connectivity index (χ0n) is 29.4. The van der Waals surface area contributed by atoms with E-state index in [1.165, 1.54) is 10.9 Å². The first-order valence-electron chi connectivity index (χ1n) is 18.4. The molecule has 0 saturated carbocycles. The van der Waals surface area contributed by atoms with Crippen molar-refractivity contribution in [2.24, 2.45) is 0 Å². The third kappa shape index (κ3) is 11.1. The standard InChI is InChI=1S/C43H52N2O6/c46-26-15-2-1-14-25-44-29-39-40(48-30-33-16-6-3-7-17-33)41(49-31-34-18-8-4-9-19-34)42(50-32-35-20-10-5-11-21-35)43(51-39)47-27-24-36-28-45-38-23-13-12-22-37(36)38/h3-13,16-23,28,39-46H,1-2,14-15,24-27,29-32H2/t39-,40-,41+,42-,43-/m1/s1. The number of hydrogen-bond acceptors (Lipinski definition) is 7. The molecule has 0 radical (unpaired) electrons. The van der Waals surface area contributed by atoms with Crippen LogP contribution in [-0.2, 0) is 49.9 Å². The second kappa shape index (κ2) is 20.2. The third-order valence-electron chi connectivity index (χ3n) is 9.38. The van der Waals surface area contributed by atoms with Gasteiger partial charge in [-0.05, 0) is 54.1 Å². The Morgan fingerprint density at radius 2 is 1.18 bits per heavy atom. The van der Waals surface area contributed by atoms with Gasteiger partial charge < -0.3 is 39.1 Å². The van der Waals surface area contributed by atoms with E-state index < -0.39 is 24.6 Å². The summed E-state index contributed by atoms with van der Waals surface area (Å²) < 4.78 is 33.9. The van der Waals surface area contributed by atoms with Gasteiger partial charge >= 0.3 is 0 Å². The Bertz CT molecular complexity index is 1670. The van der Waals surface area contributed by atoms with Crippen LogP contribution in [0.4, 0.5) is 0 Å². The second-order valence-corrected chi connectivity index (χ2v) is 13.1. The van der Waals surface area contributed by atoms with Gasteiger partial charge in [0.2, 0.25) is 0 Å². The number of para-hydroxylation sites is 1. The van der Waals surface area contributed by atoms with Crippen molar-refractivity contribution in [3.05, 3.63) is 144 Å². The molecule has 5 atom stereocenters. The summed E-state index contributed by atoms with van der Waals surface area (Å²) in [6, 6.07) is 38.9. The van der Waals surface area contributed by atoms with Gasteiger partial charge in [-0.15, -0.1) is 0 Å². The molecule has 1 aromatic heterocycles. The van der Waals surface area contributed by atoms with Crippen molar-refractivity contribution in [2.45, 2.75) is 82.6 Å². The molecule has 8 nitrogen and oxygen atoms in total. The molecular formula is C43H52N2O6. The summed E-state index contributed by atoms with van der Waals surface area (Å²) in [6.07, 6.45) is 4.18. The number of H-pyrrole nitrogens is 1. The quantitative estimate of drug-likeness (QED) is 0.0693. The smallest absolute Gasteiger partial charge is 0.186 e. The third-order valence-corrected chi connectivity index (χ3v) is 9.38. The molecule has 0 amide bonds. The van der Waals surface area contributed by atoms with E-state index in [0.717, 1.165) is 60.9 Å². The maximum absolute atomic E-state index is 9.17. The summed E-state index contributed by atoms with van der Waals surface area (Å²) in [5, 5.41) is 14.0. The van der Waals surface area contributed by atoms with Gasteiger partial charge in [-0.2, -0.15) is 0 Å². The van der Waals surface area contributed by atoms with E-state index >= 15 is 0 Å². The number of fused-ring (bicyclic) bond motifs is 1. The average molecular weight is 693 g/mol. The van der Waals surface area contributed by atoms with E-state index in [2.05, 4.69) is 71.1 Å². The molecule has 0 spiro atoms. The number of aliphatic hydroxyl groups is 1. The minimum atomic E-state index is -0.687. The Morgan fingerprint density at radius 3 is 1.82 bits per heavy atom. The lowest BCUT2D eigenvalue weighted by molar-refractivity contribution is -0.321. The summed E-state index contributed by atoms with van der Waals surface area (Å²) in [4.78, 5) is 3.38. The molecule has 4 aromatic carbocycles. The number of unbranched alkanes of at least 4 members (excludes halogenated alkanes) is 3. The van der Waals surface area contributed by atoms with Gasteiger partial charge in [-0.25, -0.2) is 0 Å². The summed E-state index contributed by atoms with van der Waals surface area (Å²) in [7, 11) is 0. The zero-order chi connectivity index (χ0) is 34.9. The SMILES string of the molecule is OCCCCCCNC[C@H]1O[C@@H](OCCc2c[nH]c3ccccc23)[C@H](OCc2ccccc2)[C@@H](OCc2ccccc2)[C@@H]1OCc1ccccc1. The lowest BCUT2D eigenvalue weighted by Crippen LogP contribution is -2.62. The highest BCUT2D eigenvalue weighted by molar-refractivity contribution is 5.83. The fourth-order valence-electron chi connectivity index (χ4n) is 6.63. The first-order chi connectivity index (χ1) is 25.3. The number of aromatic amines is 1. The van der Waals surface area contributed by atoms with Gasteiger partial charge in [0.15, 0.2) is 6.29 Å². The zero-order valence-corrected chi connectivity index (χ0v) is 29.4. The number of benzene rings is 4. The molecule has 8 heteroatoms. The molecule has 6 rings (SSSR count). The first kappa shape index (κ1) is 36.9. The van der Waals surface area contributed by atoms with Crippen LogP contribution in [0, 0.1) is 0 Å². The average Bonchev–Trinajstić information content (AvgIpc) is 3.60. The van der Waals surface area contributed by atoms with E-state index in [9.17, 15) is 5.11 Å². The fraction of sp³-hybridized carbons (Fsp3) is 0.395. The van der Waals surface area contributed by atoms with Crippen molar-refractivity contribution in [3.8, 4) is 0 Å². The molecule has 1 fully saturated rings. The minimum Gasteiger partial charge on any atom is -0.396 e. The van der Waals surface area contributed by atoms with Crippen LogP contribution in [0.3, 0.4) is 0 Å². The molecule has 5 aromatic rings. The van der Waals surface area contributed by atoms with Crippen molar-refractivity contribution < 1.29 is 28.8 Å². The van der Waals surface area contributed by atoms with Crippen LogP contribution < -0.4 is 5.32 Å². The monoisotopic (exact) mass is 692 g/mol. The van der Waals surface area contributed by atoms with Gasteiger partial charge in [0, 0.05) is 30.3 Å². The molecule has 0 unspecified atom stereocenters. The number of hydrogen-bond donors (Lipinski definition) is 3. The summed E-state index contributed by atoms with van der Waals surface area (Å²) in [5.74, 6) is 0. The Balaban J connectivity index is 1.25. The summed E-state index contributed by atoms with van der Waals surface area (Å²) in [6.45, 7) is 3.28. The minimum absolute atomic E-state index is 0.239. The number of ether oxygens (including phenoxy) is 5. The van der Waals surface area contributed by atoms with E-state index in [0.29, 0.717) is 33.0 Å². The lowest BCUT2D eigenvalue weighted by Gasteiger charge is -2.46. The highest BCUT2D eigenvalue weighted by Gasteiger charge is 2.48. The van der Waals surface area contributed by atoms with Crippen LogP contribution in [0.2, 0.25) is 0 Å². The highest BCUT2D eigenvalue weighted by Crippen LogP contribution is 2.31. The Labute approximate surface area is 302 Å². The van der Waals surface area contributed by atoms with Crippen molar-refractivity contribution in [1.82, 2.24) is 10.3 Å². The van der Waals surface area contributed by atoms with Crippen LogP contribution in [0.5, 0.6) is 0 Å². The number of aromatic nitrogens is 1. The predicted molar refractivity (Wildman–Crippen MR) is 200 cm³/mol. The fourth-order valence-corrected chi connectivity index (χ4v) is 6.63. The van der Waals surface area contributed by atoms with Crippen molar-refractivity contribution in [1.29, 1.82) is 0 Å². The van der Waals surface area contributed by atoms with Gasteiger partial charge in [-0.1, -0.05) is 122 Å². The molecule has 1 aliphatic rings. The number of aliphatic hydroxyl groups excluding tert-OH is 1. The molecule has 0 bridgehead atoms. The van der Waals surface area contributed by atoms with Crippen molar-refractivity contribution in [3.63, 3.8) is 0 Å². The van der Waals surface area contributed by atoms with Gasteiger partial charge in [0.1, 0.15) is 24.4 Å². The second-order valence-electron chi connectivity index (χ2n) is 13.1. The Morgan fingerprint density at radius 1 is 0.608 bits per heavy atom. The Kier molecular flexibility index (Phi) is 14.7. The van der Waals surface area contributed by atoms with Crippen LogP contribution in [-0.4, -0.2) is 67.1 Å².